The number of hydrogen-bond donors (Lipinski definition) is 0. The molecule has 0 radical (unpaired) electrons. The quantitative estimate of drug-likeness (QED) is 0.567. The first-order valence-electron chi connectivity index (χ1n) is 6.96. The van der Waals surface area contributed by atoms with Crippen molar-refractivity contribution in [2.24, 2.45) is 28.1 Å². The van der Waals surface area contributed by atoms with E-state index in [1.165, 1.54) is 6.42 Å². The first kappa shape index (κ1) is 11.9. The summed E-state index contributed by atoms with van der Waals surface area (Å²) in [4.78, 5) is 0. The normalized spacial score (nSPS) is 51.9. The molecule has 98 valence electrons. The number of hydrogen-bond acceptors (Lipinski definition) is 0. The van der Waals surface area contributed by atoms with Crippen molar-refractivity contribution in [2.75, 3.05) is 0 Å². The molecule has 0 aromatic heterocycles. The lowest BCUT2D eigenvalue weighted by molar-refractivity contribution is -0.267. The van der Waals surface area contributed by atoms with E-state index in [0.29, 0.717) is 0 Å². The summed E-state index contributed by atoms with van der Waals surface area (Å²) in [5.41, 5.74) is 0.540. The van der Waals surface area contributed by atoms with Crippen LogP contribution in [0, 0.1) is 28.1 Å². The largest absolute Gasteiger partial charge is 0.253 e. The molecule has 0 spiro atoms. The van der Waals surface area contributed by atoms with Gasteiger partial charge in [0.05, 0.1) is 0 Å². The number of halogens is 2. The fraction of sp³-hybridized carbons (Fsp3) is 1.00. The van der Waals surface area contributed by atoms with Gasteiger partial charge in [0.15, 0.2) is 0 Å². The molecule has 2 heteroatoms. The molecule has 2 unspecified atom stereocenters. The Balaban J connectivity index is 2.04. The molecule has 4 saturated carbocycles. The molecule has 0 amide bonds. The summed E-state index contributed by atoms with van der Waals surface area (Å²) >= 11 is 0. The van der Waals surface area contributed by atoms with E-state index in [0.717, 1.165) is 25.7 Å². The second kappa shape index (κ2) is 2.88. The van der Waals surface area contributed by atoms with Crippen LogP contribution in [0.3, 0.4) is 0 Å². The topological polar surface area (TPSA) is 0 Å². The molecule has 4 fully saturated rings. The molecule has 0 heterocycles. The zero-order valence-electron chi connectivity index (χ0n) is 11.4. The predicted octanol–water partition coefficient (Wildman–Crippen LogP) is 4.88. The molecule has 0 nitrogen and oxygen atoms in total. The van der Waals surface area contributed by atoms with E-state index in [9.17, 15) is 8.78 Å². The summed E-state index contributed by atoms with van der Waals surface area (Å²) in [6, 6.07) is 0. The van der Waals surface area contributed by atoms with Gasteiger partial charge in [0.1, 0.15) is 0 Å². The van der Waals surface area contributed by atoms with E-state index in [1.54, 1.807) is 0 Å². The minimum Gasteiger partial charge on any atom is -0.206 e. The lowest BCUT2D eigenvalue weighted by Crippen LogP contribution is -2.63. The average Bonchev–Trinajstić information content (AvgIpc) is 2.10. The first-order chi connectivity index (χ1) is 7.58. The van der Waals surface area contributed by atoms with Crippen molar-refractivity contribution in [1.29, 1.82) is 0 Å². The molecule has 4 bridgehead atoms. The smallest absolute Gasteiger partial charge is 0.206 e. The Kier molecular flexibility index (Phi) is 2.02. The molecular weight excluding hydrogens is 218 g/mol. The van der Waals surface area contributed by atoms with Crippen molar-refractivity contribution >= 4 is 0 Å². The maximum atomic E-state index is 14.2. The third-order valence-corrected chi connectivity index (χ3v) is 6.20. The van der Waals surface area contributed by atoms with Gasteiger partial charge in [0.25, 0.3) is 5.92 Å². The highest BCUT2D eigenvalue weighted by molar-refractivity contribution is 5.14. The zero-order valence-corrected chi connectivity index (χ0v) is 11.4. The van der Waals surface area contributed by atoms with Crippen LogP contribution in [-0.2, 0) is 0 Å². The number of alkyl halides is 2. The maximum absolute atomic E-state index is 14.2. The van der Waals surface area contributed by atoms with E-state index < -0.39 is 5.92 Å². The van der Waals surface area contributed by atoms with Crippen LogP contribution in [-0.4, -0.2) is 5.92 Å². The first-order valence-corrected chi connectivity index (χ1v) is 6.96. The SMILES string of the molecule is CC12CC3CC(C(C)(C)C)(CC(C1)C3(F)F)C2. The van der Waals surface area contributed by atoms with Crippen LogP contribution in [0.2, 0.25) is 0 Å². The van der Waals surface area contributed by atoms with Crippen LogP contribution in [0.25, 0.3) is 0 Å². The maximum Gasteiger partial charge on any atom is 0.253 e. The molecule has 4 rings (SSSR count). The molecular formula is C15H24F2. The molecule has 0 aromatic carbocycles. The van der Waals surface area contributed by atoms with Gasteiger partial charge in [-0.05, 0) is 48.3 Å². The van der Waals surface area contributed by atoms with Gasteiger partial charge in [-0.2, -0.15) is 0 Å². The highest BCUT2D eigenvalue weighted by atomic mass is 19.3. The molecule has 0 N–H and O–H groups in total. The van der Waals surface area contributed by atoms with Crippen molar-refractivity contribution in [3.63, 3.8) is 0 Å². The summed E-state index contributed by atoms with van der Waals surface area (Å²) < 4.78 is 28.5. The van der Waals surface area contributed by atoms with Crippen molar-refractivity contribution in [3.05, 3.63) is 0 Å². The minimum atomic E-state index is -2.38. The lowest BCUT2D eigenvalue weighted by atomic mass is 9.39. The molecule has 0 saturated heterocycles. The standard InChI is InChI=1S/C15H24F2/c1-12(2,3)14-7-10-5-13(4,9-14)6-11(8-14)15(10,16)17/h10-11H,5-9H2,1-4H3. The Morgan fingerprint density at radius 1 is 0.941 bits per heavy atom. The Labute approximate surface area is 103 Å². The Morgan fingerprint density at radius 3 is 1.82 bits per heavy atom. The monoisotopic (exact) mass is 242 g/mol. The summed E-state index contributed by atoms with van der Waals surface area (Å²) in [5, 5.41) is 0. The van der Waals surface area contributed by atoms with E-state index in [-0.39, 0.29) is 28.1 Å². The molecule has 0 aliphatic heterocycles. The Morgan fingerprint density at radius 2 is 1.41 bits per heavy atom. The molecule has 2 atom stereocenters. The van der Waals surface area contributed by atoms with E-state index in [1.807, 2.05) is 0 Å². The van der Waals surface area contributed by atoms with Crippen molar-refractivity contribution in [2.45, 2.75) is 65.7 Å². The van der Waals surface area contributed by atoms with Crippen LogP contribution in [0.1, 0.15) is 59.8 Å². The third kappa shape index (κ3) is 1.39. The molecule has 17 heavy (non-hydrogen) atoms. The van der Waals surface area contributed by atoms with Crippen LogP contribution < -0.4 is 0 Å². The lowest BCUT2D eigenvalue weighted by Gasteiger charge is -2.67. The summed E-state index contributed by atoms with van der Waals surface area (Å²) in [7, 11) is 0. The summed E-state index contributed by atoms with van der Waals surface area (Å²) in [6.07, 6.45) is 4.21. The summed E-state index contributed by atoms with van der Waals surface area (Å²) in [6.45, 7) is 9.01. The van der Waals surface area contributed by atoms with E-state index in [4.69, 9.17) is 0 Å². The average molecular weight is 242 g/mol. The highest BCUT2D eigenvalue weighted by Crippen LogP contribution is 2.73. The molecule has 4 aliphatic rings. The third-order valence-electron chi connectivity index (χ3n) is 6.20. The molecule has 0 aromatic rings. The van der Waals surface area contributed by atoms with Gasteiger partial charge < -0.3 is 0 Å². The van der Waals surface area contributed by atoms with Crippen LogP contribution in [0.15, 0.2) is 0 Å². The van der Waals surface area contributed by atoms with Crippen LogP contribution in [0.4, 0.5) is 8.78 Å². The second-order valence-corrected chi connectivity index (χ2v) is 8.40. The fourth-order valence-corrected chi connectivity index (χ4v) is 5.30. The van der Waals surface area contributed by atoms with Crippen LogP contribution >= 0.6 is 0 Å². The van der Waals surface area contributed by atoms with E-state index >= 15 is 0 Å². The second-order valence-electron chi connectivity index (χ2n) is 8.40. The number of rotatable bonds is 0. The zero-order chi connectivity index (χ0) is 12.7. The minimum absolute atomic E-state index is 0.169. The van der Waals surface area contributed by atoms with Gasteiger partial charge >= 0.3 is 0 Å². The van der Waals surface area contributed by atoms with Gasteiger partial charge in [0, 0.05) is 11.8 Å². The van der Waals surface area contributed by atoms with Gasteiger partial charge in [-0.15, -0.1) is 0 Å². The Bertz CT molecular complexity index is 332. The Hall–Kier alpha value is -0.140. The summed E-state index contributed by atoms with van der Waals surface area (Å²) in [5.74, 6) is -3.06. The predicted molar refractivity (Wildman–Crippen MR) is 65.0 cm³/mol. The van der Waals surface area contributed by atoms with Crippen molar-refractivity contribution < 1.29 is 8.78 Å². The van der Waals surface area contributed by atoms with Gasteiger partial charge in [-0.3, -0.25) is 0 Å². The van der Waals surface area contributed by atoms with E-state index in [2.05, 4.69) is 27.7 Å². The van der Waals surface area contributed by atoms with Gasteiger partial charge in [-0.25, -0.2) is 8.78 Å². The van der Waals surface area contributed by atoms with Crippen molar-refractivity contribution in [3.8, 4) is 0 Å². The highest BCUT2D eigenvalue weighted by Gasteiger charge is 2.68. The fourth-order valence-electron chi connectivity index (χ4n) is 5.30. The van der Waals surface area contributed by atoms with Gasteiger partial charge in [-0.1, -0.05) is 27.7 Å². The van der Waals surface area contributed by atoms with Crippen molar-refractivity contribution in [1.82, 2.24) is 0 Å². The molecule has 4 aliphatic carbocycles. The van der Waals surface area contributed by atoms with Gasteiger partial charge in [0.2, 0.25) is 0 Å². The van der Waals surface area contributed by atoms with Crippen LogP contribution in [0.5, 0.6) is 0 Å².